The molecular formula is C16H15F3N2O2. The molecule has 0 saturated heterocycles. The smallest absolute Gasteiger partial charge is 0.351 e. The standard InChI is InChI=1S/C16H15F3N2O2/c1-10(11-3-2-4-13(7-11)16(17,18)19)9-21-15(23)12-5-6-20-14(22)8-12/h2-8,10H,9H2,1H3,(H,20,22)(H,21,23). The van der Waals surface area contributed by atoms with E-state index in [-0.39, 0.29) is 18.0 Å². The predicted molar refractivity (Wildman–Crippen MR) is 79.3 cm³/mol. The molecule has 0 saturated carbocycles. The Morgan fingerprint density at radius 1 is 1.26 bits per heavy atom. The minimum absolute atomic E-state index is 0.160. The molecule has 1 heterocycles. The van der Waals surface area contributed by atoms with Gasteiger partial charge in [-0.1, -0.05) is 25.1 Å². The van der Waals surface area contributed by atoms with Crippen LogP contribution in [0, 0.1) is 0 Å². The largest absolute Gasteiger partial charge is 0.416 e. The molecular weight excluding hydrogens is 309 g/mol. The molecule has 0 bridgehead atoms. The lowest BCUT2D eigenvalue weighted by molar-refractivity contribution is -0.137. The van der Waals surface area contributed by atoms with E-state index < -0.39 is 23.2 Å². The van der Waals surface area contributed by atoms with Crippen molar-refractivity contribution in [3.05, 3.63) is 69.6 Å². The molecule has 7 heteroatoms. The Morgan fingerprint density at radius 3 is 2.65 bits per heavy atom. The molecule has 1 amide bonds. The third-order valence-electron chi connectivity index (χ3n) is 3.39. The highest BCUT2D eigenvalue weighted by molar-refractivity contribution is 5.93. The maximum absolute atomic E-state index is 12.7. The van der Waals surface area contributed by atoms with Gasteiger partial charge in [0.1, 0.15) is 0 Å². The summed E-state index contributed by atoms with van der Waals surface area (Å²) in [4.78, 5) is 25.5. The van der Waals surface area contributed by atoms with Gasteiger partial charge in [-0.2, -0.15) is 13.2 Å². The molecule has 23 heavy (non-hydrogen) atoms. The zero-order valence-electron chi connectivity index (χ0n) is 12.3. The van der Waals surface area contributed by atoms with Gasteiger partial charge in [0.05, 0.1) is 5.56 Å². The lowest BCUT2D eigenvalue weighted by Crippen LogP contribution is -2.28. The van der Waals surface area contributed by atoms with Crippen LogP contribution in [0.5, 0.6) is 0 Å². The number of halogens is 3. The van der Waals surface area contributed by atoms with E-state index in [0.29, 0.717) is 5.56 Å². The van der Waals surface area contributed by atoms with E-state index in [9.17, 15) is 22.8 Å². The number of hydrogen-bond donors (Lipinski definition) is 2. The fourth-order valence-electron chi connectivity index (χ4n) is 2.07. The number of alkyl halides is 3. The first-order valence-corrected chi connectivity index (χ1v) is 6.91. The van der Waals surface area contributed by atoms with Crippen molar-refractivity contribution in [3.8, 4) is 0 Å². The number of H-pyrrole nitrogens is 1. The van der Waals surface area contributed by atoms with Gasteiger partial charge in [0, 0.05) is 24.4 Å². The van der Waals surface area contributed by atoms with E-state index in [1.807, 2.05) is 0 Å². The SMILES string of the molecule is CC(CNC(=O)c1cc[nH]c(=O)c1)c1cccc(C(F)(F)F)c1. The normalized spacial score (nSPS) is 12.7. The van der Waals surface area contributed by atoms with Crippen LogP contribution in [-0.4, -0.2) is 17.4 Å². The fourth-order valence-corrected chi connectivity index (χ4v) is 2.07. The van der Waals surface area contributed by atoms with Crippen molar-refractivity contribution in [1.82, 2.24) is 10.3 Å². The Kier molecular flexibility index (Phi) is 4.88. The van der Waals surface area contributed by atoms with Crippen molar-refractivity contribution in [2.75, 3.05) is 6.54 Å². The van der Waals surface area contributed by atoms with E-state index >= 15 is 0 Å². The number of aromatic amines is 1. The van der Waals surface area contributed by atoms with E-state index in [1.54, 1.807) is 13.0 Å². The summed E-state index contributed by atoms with van der Waals surface area (Å²) < 4.78 is 38.1. The zero-order chi connectivity index (χ0) is 17.0. The molecule has 4 nitrogen and oxygen atoms in total. The minimum atomic E-state index is -4.40. The number of pyridine rings is 1. The average molecular weight is 324 g/mol. The molecule has 2 rings (SSSR count). The van der Waals surface area contributed by atoms with Crippen LogP contribution < -0.4 is 10.9 Å². The second kappa shape index (κ2) is 6.68. The molecule has 2 aromatic rings. The number of aromatic nitrogens is 1. The van der Waals surface area contributed by atoms with Gasteiger partial charge in [-0.3, -0.25) is 9.59 Å². The zero-order valence-corrected chi connectivity index (χ0v) is 12.3. The molecule has 0 spiro atoms. The van der Waals surface area contributed by atoms with E-state index in [4.69, 9.17) is 0 Å². The van der Waals surface area contributed by atoms with Gasteiger partial charge in [-0.25, -0.2) is 0 Å². The monoisotopic (exact) mass is 324 g/mol. The highest BCUT2D eigenvalue weighted by Crippen LogP contribution is 2.30. The lowest BCUT2D eigenvalue weighted by Gasteiger charge is -2.15. The summed E-state index contributed by atoms with van der Waals surface area (Å²) in [5, 5.41) is 2.61. The maximum atomic E-state index is 12.7. The second-order valence-corrected chi connectivity index (χ2v) is 5.18. The summed E-state index contributed by atoms with van der Waals surface area (Å²) in [6.07, 6.45) is -3.04. The van der Waals surface area contributed by atoms with Crippen LogP contribution in [0.25, 0.3) is 0 Å². The fraction of sp³-hybridized carbons (Fsp3) is 0.250. The molecule has 1 unspecified atom stereocenters. The molecule has 0 fully saturated rings. The highest BCUT2D eigenvalue weighted by Gasteiger charge is 2.30. The molecule has 122 valence electrons. The van der Waals surface area contributed by atoms with Crippen molar-refractivity contribution in [2.24, 2.45) is 0 Å². The molecule has 0 aliphatic carbocycles. The Labute approximate surface area is 130 Å². The Balaban J connectivity index is 2.04. The van der Waals surface area contributed by atoms with Crippen LogP contribution in [0.15, 0.2) is 47.4 Å². The summed E-state index contributed by atoms with van der Waals surface area (Å²) in [5.74, 6) is -0.752. The van der Waals surface area contributed by atoms with E-state index in [0.717, 1.165) is 18.2 Å². The van der Waals surface area contributed by atoms with Crippen molar-refractivity contribution in [1.29, 1.82) is 0 Å². The van der Waals surface area contributed by atoms with Gasteiger partial charge in [0.25, 0.3) is 5.91 Å². The number of nitrogens with one attached hydrogen (secondary N) is 2. The molecule has 0 aliphatic heterocycles. The minimum Gasteiger partial charge on any atom is -0.351 e. The maximum Gasteiger partial charge on any atom is 0.416 e. The van der Waals surface area contributed by atoms with Gasteiger partial charge in [-0.05, 0) is 23.6 Å². The first kappa shape index (κ1) is 16.8. The van der Waals surface area contributed by atoms with Crippen LogP contribution in [0.4, 0.5) is 13.2 Å². The molecule has 1 aromatic heterocycles. The third kappa shape index (κ3) is 4.45. The first-order chi connectivity index (χ1) is 10.8. The molecule has 0 aliphatic rings. The quantitative estimate of drug-likeness (QED) is 0.908. The van der Waals surface area contributed by atoms with Gasteiger partial charge in [0.2, 0.25) is 5.56 Å². The average Bonchev–Trinajstić information content (AvgIpc) is 2.51. The topological polar surface area (TPSA) is 62.0 Å². The highest BCUT2D eigenvalue weighted by atomic mass is 19.4. The molecule has 0 radical (unpaired) electrons. The van der Waals surface area contributed by atoms with Gasteiger partial charge < -0.3 is 10.3 Å². The number of benzene rings is 1. The van der Waals surface area contributed by atoms with Crippen molar-refractivity contribution < 1.29 is 18.0 Å². The Hall–Kier alpha value is -2.57. The van der Waals surface area contributed by atoms with Crippen LogP contribution in [-0.2, 0) is 6.18 Å². The summed E-state index contributed by atoms with van der Waals surface area (Å²) >= 11 is 0. The van der Waals surface area contributed by atoms with Crippen LogP contribution in [0.2, 0.25) is 0 Å². The summed E-state index contributed by atoms with van der Waals surface area (Å²) in [5.41, 5.74) is -0.442. The molecule has 1 atom stereocenters. The van der Waals surface area contributed by atoms with Crippen molar-refractivity contribution in [3.63, 3.8) is 0 Å². The summed E-state index contributed by atoms with van der Waals surface area (Å²) in [6.45, 7) is 1.88. The molecule has 2 N–H and O–H groups in total. The van der Waals surface area contributed by atoms with Gasteiger partial charge in [-0.15, -0.1) is 0 Å². The van der Waals surface area contributed by atoms with E-state index in [2.05, 4.69) is 10.3 Å². The number of amides is 1. The number of carbonyl (C=O) groups is 1. The lowest BCUT2D eigenvalue weighted by atomic mass is 9.98. The number of hydrogen-bond acceptors (Lipinski definition) is 2. The van der Waals surface area contributed by atoms with Crippen molar-refractivity contribution >= 4 is 5.91 Å². The predicted octanol–water partition coefficient (Wildman–Crippen LogP) is 2.93. The van der Waals surface area contributed by atoms with E-state index in [1.165, 1.54) is 18.3 Å². The van der Waals surface area contributed by atoms with Crippen LogP contribution >= 0.6 is 0 Å². The summed E-state index contributed by atoms with van der Waals surface area (Å²) in [7, 11) is 0. The van der Waals surface area contributed by atoms with Crippen LogP contribution in [0.3, 0.4) is 0 Å². The number of rotatable bonds is 4. The van der Waals surface area contributed by atoms with Gasteiger partial charge in [0.15, 0.2) is 0 Å². The Morgan fingerprint density at radius 2 is 2.00 bits per heavy atom. The molecule has 1 aromatic carbocycles. The second-order valence-electron chi connectivity index (χ2n) is 5.18. The van der Waals surface area contributed by atoms with Crippen LogP contribution in [0.1, 0.15) is 34.3 Å². The third-order valence-corrected chi connectivity index (χ3v) is 3.39. The summed E-state index contributed by atoms with van der Waals surface area (Å²) in [6, 6.07) is 7.61. The Bertz CT molecular complexity index is 753. The van der Waals surface area contributed by atoms with Gasteiger partial charge >= 0.3 is 6.18 Å². The van der Waals surface area contributed by atoms with Crippen molar-refractivity contribution in [2.45, 2.75) is 19.0 Å². The number of carbonyl (C=O) groups excluding carboxylic acids is 1. The first-order valence-electron chi connectivity index (χ1n) is 6.91.